The van der Waals surface area contributed by atoms with Crippen LogP contribution < -0.4 is 11.2 Å². The molecule has 0 spiro atoms. The van der Waals surface area contributed by atoms with Gasteiger partial charge >= 0.3 is 5.69 Å². The Kier molecular flexibility index (Phi) is 3.33. The molecule has 1 amide bonds. The van der Waals surface area contributed by atoms with Gasteiger partial charge in [0.1, 0.15) is 5.65 Å². The first-order valence-corrected chi connectivity index (χ1v) is 8.44. The van der Waals surface area contributed by atoms with E-state index in [2.05, 4.69) is 9.97 Å². The predicted molar refractivity (Wildman–Crippen MR) is 89.2 cm³/mol. The Morgan fingerprint density at radius 3 is 2.46 bits per heavy atom. The number of nitrogens with zero attached hydrogens (tertiary/aromatic N) is 3. The number of aromatic amines is 1. The summed E-state index contributed by atoms with van der Waals surface area (Å²) >= 11 is 0. The first-order chi connectivity index (χ1) is 11.5. The Bertz CT molecular complexity index is 931. The molecule has 126 valence electrons. The molecule has 1 saturated heterocycles. The molecule has 1 aliphatic carbocycles. The number of carbonyl (C=O) groups is 1. The minimum Gasteiger partial charge on any atom is -0.333 e. The van der Waals surface area contributed by atoms with Gasteiger partial charge in [-0.3, -0.25) is 19.1 Å². The van der Waals surface area contributed by atoms with E-state index in [9.17, 15) is 14.4 Å². The molecule has 1 aliphatic heterocycles. The fraction of sp³-hybridized carbons (Fsp3) is 0.529. The van der Waals surface area contributed by atoms with Crippen LogP contribution in [0.4, 0.5) is 0 Å². The summed E-state index contributed by atoms with van der Waals surface area (Å²) in [5.74, 6) is -0.106. The van der Waals surface area contributed by atoms with E-state index in [-0.39, 0.29) is 24.0 Å². The number of aromatic nitrogens is 3. The number of hydrogen-bond donors (Lipinski definition) is 1. The van der Waals surface area contributed by atoms with Crippen LogP contribution in [0.25, 0.3) is 11.0 Å². The fourth-order valence-corrected chi connectivity index (χ4v) is 3.67. The van der Waals surface area contributed by atoms with Crippen LogP contribution in [-0.2, 0) is 0 Å². The highest BCUT2D eigenvalue weighted by molar-refractivity contribution is 5.97. The highest BCUT2D eigenvalue weighted by Crippen LogP contribution is 2.34. The number of nitrogens with one attached hydrogen (secondary N) is 1. The molecule has 2 aliphatic rings. The number of carbonyl (C=O) groups excluding carboxylic acids is 1. The lowest BCUT2D eigenvalue weighted by Crippen LogP contribution is -2.38. The van der Waals surface area contributed by atoms with Gasteiger partial charge in [-0.15, -0.1) is 0 Å². The molecule has 1 saturated carbocycles. The van der Waals surface area contributed by atoms with Crippen LogP contribution in [0.3, 0.4) is 0 Å². The third-order valence-electron chi connectivity index (χ3n) is 5.12. The van der Waals surface area contributed by atoms with E-state index in [1.54, 1.807) is 6.07 Å². The second kappa shape index (κ2) is 5.29. The molecule has 24 heavy (non-hydrogen) atoms. The number of fused-ring (bicyclic) bond motifs is 1. The second-order valence-electron chi connectivity index (χ2n) is 6.94. The van der Waals surface area contributed by atoms with E-state index < -0.39 is 11.2 Å². The second-order valence-corrected chi connectivity index (χ2v) is 6.94. The number of likely N-dealkylation sites (tertiary alicyclic amines) is 1. The van der Waals surface area contributed by atoms with Crippen molar-refractivity contribution in [2.45, 2.75) is 57.7 Å². The van der Waals surface area contributed by atoms with Gasteiger partial charge in [0.15, 0.2) is 0 Å². The lowest BCUT2D eigenvalue weighted by molar-refractivity contribution is 0.0692. The summed E-state index contributed by atoms with van der Waals surface area (Å²) in [6, 6.07) is 2.04. The normalized spacial score (nSPS) is 23.8. The fourth-order valence-electron chi connectivity index (χ4n) is 3.67. The van der Waals surface area contributed by atoms with E-state index >= 15 is 0 Å². The topological polar surface area (TPSA) is 88.1 Å². The van der Waals surface area contributed by atoms with Crippen molar-refractivity contribution in [2.75, 3.05) is 0 Å². The van der Waals surface area contributed by atoms with Crippen molar-refractivity contribution in [1.29, 1.82) is 0 Å². The molecule has 2 aromatic rings. The van der Waals surface area contributed by atoms with Crippen LogP contribution in [0.15, 0.2) is 21.9 Å². The Balaban J connectivity index is 1.83. The lowest BCUT2D eigenvalue weighted by atomic mass is 10.2. The smallest absolute Gasteiger partial charge is 0.330 e. The number of pyridine rings is 1. The summed E-state index contributed by atoms with van der Waals surface area (Å²) in [6.45, 7) is 4.07. The Morgan fingerprint density at radius 2 is 1.83 bits per heavy atom. The van der Waals surface area contributed by atoms with E-state index in [0.29, 0.717) is 16.6 Å². The van der Waals surface area contributed by atoms with Gasteiger partial charge in [0, 0.05) is 24.3 Å². The van der Waals surface area contributed by atoms with E-state index in [1.807, 2.05) is 18.7 Å². The number of H-pyrrole nitrogens is 1. The SMILES string of the molecule is C[C@@H]1CC[C@@H](C)N1C(=O)c1cnc2c(c1)c(=O)[nH]c(=O)n2C1CC1. The highest BCUT2D eigenvalue weighted by Gasteiger charge is 2.33. The van der Waals surface area contributed by atoms with Crippen LogP contribution in [-0.4, -0.2) is 37.4 Å². The summed E-state index contributed by atoms with van der Waals surface area (Å²) < 4.78 is 1.53. The Morgan fingerprint density at radius 1 is 1.17 bits per heavy atom. The van der Waals surface area contributed by atoms with Crippen molar-refractivity contribution >= 4 is 16.9 Å². The molecule has 0 bridgehead atoms. The van der Waals surface area contributed by atoms with Crippen LogP contribution in [0.2, 0.25) is 0 Å². The molecule has 2 aromatic heterocycles. The molecule has 7 heteroatoms. The quantitative estimate of drug-likeness (QED) is 0.903. The largest absolute Gasteiger partial charge is 0.333 e. The van der Waals surface area contributed by atoms with Crippen LogP contribution in [0.1, 0.15) is 55.9 Å². The molecule has 2 atom stereocenters. The van der Waals surface area contributed by atoms with Crippen molar-refractivity contribution in [3.8, 4) is 0 Å². The van der Waals surface area contributed by atoms with Gasteiger partial charge in [-0.1, -0.05) is 0 Å². The molecular formula is C17H20N4O3. The summed E-state index contributed by atoms with van der Waals surface area (Å²) in [7, 11) is 0. The zero-order valence-corrected chi connectivity index (χ0v) is 13.8. The van der Waals surface area contributed by atoms with Crippen molar-refractivity contribution in [1.82, 2.24) is 19.4 Å². The standard InChI is InChI=1S/C17H20N4O3/c1-9-3-4-10(2)20(9)16(23)11-7-13-14(18-8-11)21(12-5-6-12)17(24)19-15(13)22/h7-10,12H,3-6H2,1-2H3,(H,19,22,24)/t9-,10-/m1/s1. The summed E-state index contributed by atoms with van der Waals surface area (Å²) in [6.07, 6.45) is 5.27. The van der Waals surface area contributed by atoms with Gasteiger partial charge in [-0.2, -0.15) is 0 Å². The Hall–Kier alpha value is -2.44. The minimum absolute atomic E-state index is 0.101. The summed E-state index contributed by atoms with van der Waals surface area (Å²) in [5, 5.41) is 0.298. The Labute approximate surface area is 138 Å². The first kappa shape index (κ1) is 15.1. The van der Waals surface area contributed by atoms with E-state index in [0.717, 1.165) is 25.7 Å². The molecular weight excluding hydrogens is 308 g/mol. The number of rotatable bonds is 2. The molecule has 7 nitrogen and oxygen atoms in total. The molecule has 0 aromatic carbocycles. The van der Waals surface area contributed by atoms with Gasteiger partial charge in [-0.25, -0.2) is 9.78 Å². The number of hydrogen-bond acceptors (Lipinski definition) is 4. The van der Waals surface area contributed by atoms with Crippen LogP contribution in [0, 0.1) is 0 Å². The van der Waals surface area contributed by atoms with Crippen molar-refractivity contribution < 1.29 is 4.79 Å². The first-order valence-electron chi connectivity index (χ1n) is 8.44. The van der Waals surface area contributed by atoms with Gasteiger partial charge in [0.05, 0.1) is 10.9 Å². The minimum atomic E-state index is -0.489. The average Bonchev–Trinajstić information content (AvgIpc) is 3.32. The molecule has 4 rings (SSSR count). The summed E-state index contributed by atoms with van der Waals surface area (Å²) in [5.41, 5.74) is -0.153. The maximum Gasteiger partial charge on any atom is 0.330 e. The van der Waals surface area contributed by atoms with Gasteiger partial charge in [-0.05, 0) is 45.6 Å². The van der Waals surface area contributed by atoms with Gasteiger partial charge in [0.2, 0.25) is 0 Å². The van der Waals surface area contributed by atoms with Crippen LogP contribution >= 0.6 is 0 Å². The molecule has 2 fully saturated rings. The monoisotopic (exact) mass is 328 g/mol. The van der Waals surface area contributed by atoms with Crippen molar-refractivity contribution in [3.05, 3.63) is 38.7 Å². The van der Waals surface area contributed by atoms with Crippen molar-refractivity contribution in [2.24, 2.45) is 0 Å². The molecule has 3 heterocycles. The summed E-state index contributed by atoms with van der Waals surface area (Å²) in [4.78, 5) is 45.6. The zero-order valence-electron chi connectivity index (χ0n) is 13.8. The number of amides is 1. The van der Waals surface area contributed by atoms with Gasteiger partial charge < -0.3 is 4.90 Å². The molecule has 0 unspecified atom stereocenters. The maximum absolute atomic E-state index is 12.8. The highest BCUT2D eigenvalue weighted by atomic mass is 16.2. The molecule has 1 N–H and O–H groups in total. The maximum atomic E-state index is 12.8. The zero-order chi connectivity index (χ0) is 17.0. The molecule has 0 radical (unpaired) electrons. The average molecular weight is 328 g/mol. The van der Waals surface area contributed by atoms with E-state index in [1.165, 1.54) is 10.8 Å². The predicted octanol–water partition coefficient (Wildman–Crippen LogP) is 1.43. The van der Waals surface area contributed by atoms with Crippen molar-refractivity contribution in [3.63, 3.8) is 0 Å². The third-order valence-corrected chi connectivity index (χ3v) is 5.12. The third kappa shape index (κ3) is 2.26. The van der Waals surface area contributed by atoms with Gasteiger partial charge in [0.25, 0.3) is 11.5 Å². The lowest BCUT2D eigenvalue weighted by Gasteiger charge is -2.26. The van der Waals surface area contributed by atoms with Crippen LogP contribution in [0.5, 0.6) is 0 Å². The van der Waals surface area contributed by atoms with E-state index in [4.69, 9.17) is 0 Å².